The van der Waals surface area contributed by atoms with Crippen molar-refractivity contribution in [3.63, 3.8) is 0 Å². The maximum Gasteiger partial charge on any atom is 0.165 e. The second kappa shape index (κ2) is 8.11. The summed E-state index contributed by atoms with van der Waals surface area (Å²) in [6.07, 6.45) is 0.157. The Hall–Kier alpha value is -2.72. The van der Waals surface area contributed by atoms with Crippen LogP contribution in [-0.2, 0) is 0 Å². The Morgan fingerprint density at radius 2 is 1.38 bits per heavy atom. The van der Waals surface area contributed by atoms with Gasteiger partial charge in [-0.3, -0.25) is 4.79 Å². The molecule has 0 aromatic heterocycles. The quantitative estimate of drug-likeness (QED) is 0.535. The lowest BCUT2D eigenvalue weighted by molar-refractivity contribution is 0.0976. The zero-order valence-corrected chi connectivity index (χ0v) is 14.5. The van der Waals surface area contributed by atoms with Crippen LogP contribution in [0.25, 0.3) is 0 Å². The van der Waals surface area contributed by atoms with Gasteiger partial charge in [0.2, 0.25) is 0 Å². The molecule has 0 amide bonds. The first-order chi connectivity index (χ1) is 12.5. The van der Waals surface area contributed by atoms with Crippen molar-refractivity contribution >= 4 is 23.1 Å². The van der Waals surface area contributed by atoms with E-state index in [0.29, 0.717) is 16.3 Å². The molecule has 0 bridgehead atoms. The highest BCUT2D eigenvalue weighted by Crippen LogP contribution is 2.26. The SMILES string of the molecule is O=C(CC(Nc1ccc(F)cc1)c1ccc(Cl)cc1)c1ccc(F)cc1. The number of rotatable bonds is 6. The van der Waals surface area contributed by atoms with Crippen molar-refractivity contribution in [2.45, 2.75) is 12.5 Å². The molecule has 0 fully saturated rings. The van der Waals surface area contributed by atoms with E-state index in [0.717, 1.165) is 5.56 Å². The van der Waals surface area contributed by atoms with Gasteiger partial charge in [-0.05, 0) is 66.2 Å². The van der Waals surface area contributed by atoms with E-state index in [1.807, 2.05) is 12.1 Å². The van der Waals surface area contributed by atoms with Crippen molar-refractivity contribution in [3.8, 4) is 0 Å². The Morgan fingerprint density at radius 3 is 1.96 bits per heavy atom. The van der Waals surface area contributed by atoms with Crippen LogP contribution in [0.15, 0.2) is 72.8 Å². The van der Waals surface area contributed by atoms with Gasteiger partial charge in [0.15, 0.2) is 5.78 Å². The van der Waals surface area contributed by atoms with E-state index in [2.05, 4.69) is 5.32 Å². The van der Waals surface area contributed by atoms with Crippen LogP contribution in [0, 0.1) is 11.6 Å². The average molecular weight is 372 g/mol. The molecule has 0 spiro atoms. The normalized spacial score (nSPS) is 11.8. The van der Waals surface area contributed by atoms with Gasteiger partial charge in [-0.25, -0.2) is 8.78 Å². The lowest BCUT2D eigenvalue weighted by Gasteiger charge is -2.20. The summed E-state index contributed by atoms with van der Waals surface area (Å²) in [5, 5.41) is 3.85. The maximum atomic E-state index is 13.1. The van der Waals surface area contributed by atoms with Crippen LogP contribution in [-0.4, -0.2) is 5.78 Å². The number of ketones is 1. The summed E-state index contributed by atoms with van der Waals surface area (Å²) in [5.74, 6) is -0.846. The molecule has 3 aromatic carbocycles. The number of halogens is 3. The van der Waals surface area contributed by atoms with Crippen LogP contribution < -0.4 is 5.32 Å². The molecular formula is C21H16ClF2NO. The largest absolute Gasteiger partial charge is 0.378 e. The second-order valence-corrected chi connectivity index (χ2v) is 6.33. The molecule has 26 heavy (non-hydrogen) atoms. The zero-order chi connectivity index (χ0) is 18.5. The van der Waals surface area contributed by atoms with E-state index in [1.165, 1.54) is 36.4 Å². The molecule has 0 aliphatic rings. The number of nitrogens with one attached hydrogen (secondary N) is 1. The van der Waals surface area contributed by atoms with Crippen LogP contribution >= 0.6 is 11.6 Å². The third-order valence-corrected chi connectivity index (χ3v) is 4.27. The molecular weight excluding hydrogens is 356 g/mol. The van der Waals surface area contributed by atoms with Gasteiger partial charge in [-0.15, -0.1) is 0 Å². The fourth-order valence-corrected chi connectivity index (χ4v) is 2.76. The van der Waals surface area contributed by atoms with Crippen molar-refractivity contribution < 1.29 is 13.6 Å². The second-order valence-electron chi connectivity index (χ2n) is 5.89. The first kappa shape index (κ1) is 18.1. The van der Waals surface area contributed by atoms with Gasteiger partial charge in [-0.2, -0.15) is 0 Å². The molecule has 0 saturated heterocycles. The first-order valence-corrected chi connectivity index (χ1v) is 8.45. The smallest absolute Gasteiger partial charge is 0.165 e. The highest BCUT2D eigenvalue weighted by atomic mass is 35.5. The van der Waals surface area contributed by atoms with Gasteiger partial charge in [0, 0.05) is 22.7 Å². The minimum absolute atomic E-state index is 0.125. The van der Waals surface area contributed by atoms with E-state index in [9.17, 15) is 13.6 Å². The number of benzene rings is 3. The Balaban J connectivity index is 1.84. The third kappa shape index (κ3) is 4.67. The van der Waals surface area contributed by atoms with Gasteiger partial charge >= 0.3 is 0 Å². The molecule has 2 nitrogen and oxygen atoms in total. The van der Waals surface area contributed by atoms with E-state index in [-0.39, 0.29) is 29.9 Å². The molecule has 1 unspecified atom stereocenters. The van der Waals surface area contributed by atoms with E-state index < -0.39 is 0 Å². The molecule has 0 heterocycles. The topological polar surface area (TPSA) is 29.1 Å². The standard InChI is InChI=1S/C21H16ClF2NO/c22-16-5-1-14(2-6-16)20(25-19-11-9-18(24)10-12-19)13-21(26)15-3-7-17(23)8-4-15/h1-12,20,25H,13H2. The van der Waals surface area contributed by atoms with Crippen LogP contribution in [0.2, 0.25) is 5.02 Å². The first-order valence-electron chi connectivity index (χ1n) is 8.07. The fraction of sp³-hybridized carbons (Fsp3) is 0.0952. The van der Waals surface area contributed by atoms with Crippen molar-refractivity contribution in [3.05, 3.63) is 101 Å². The maximum absolute atomic E-state index is 13.1. The van der Waals surface area contributed by atoms with Gasteiger partial charge < -0.3 is 5.32 Å². The summed E-state index contributed by atoms with van der Waals surface area (Å²) >= 11 is 5.95. The number of carbonyl (C=O) groups excluding carboxylic acids is 1. The van der Waals surface area contributed by atoms with Crippen LogP contribution in [0.3, 0.4) is 0 Å². The Labute approximate surface area is 155 Å². The molecule has 1 atom stereocenters. The average Bonchev–Trinajstić information content (AvgIpc) is 2.64. The summed E-state index contributed by atoms with van der Waals surface area (Å²) < 4.78 is 26.2. The van der Waals surface area contributed by atoms with Crippen molar-refractivity contribution in [1.29, 1.82) is 0 Å². The van der Waals surface area contributed by atoms with Crippen molar-refractivity contribution in [1.82, 2.24) is 0 Å². The minimum atomic E-state index is -0.389. The van der Waals surface area contributed by atoms with Gasteiger partial charge in [0.25, 0.3) is 0 Å². The minimum Gasteiger partial charge on any atom is -0.378 e. The number of hydrogen-bond donors (Lipinski definition) is 1. The highest BCUT2D eigenvalue weighted by Gasteiger charge is 2.17. The van der Waals surface area contributed by atoms with Gasteiger partial charge in [0.05, 0.1) is 6.04 Å². The van der Waals surface area contributed by atoms with Crippen molar-refractivity contribution in [2.75, 3.05) is 5.32 Å². The van der Waals surface area contributed by atoms with E-state index in [4.69, 9.17) is 11.6 Å². The molecule has 0 saturated carbocycles. The summed E-state index contributed by atoms with van der Waals surface area (Å²) in [4.78, 5) is 12.6. The summed E-state index contributed by atoms with van der Waals surface area (Å²) in [6, 6.07) is 18.2. The Bertz CT molecular complexity index is 877. The monoisotopic (exact) mass is 371 g/mol. The van der Waals surface area contributed by atoms with E-state index >= 15 is 0 Å². The lowest BCUT2D eigenvalue weighted by Crippen LogP contribution is -2.16. The molecule has 1 N–H and O–H groups in total. The predicted octanol–water partition coefficient (Wildman–Crippen LogP) is 6.04. The number of carbonyl (C=O) groups is 1. The molecule has 0 aliphatic heterocycles. The number of Topliss-reactive ketones (excluding diaryl/α,β-unsaturated/α-hetero) is 1. The van der Waals surface area contributed by atoms with Gasteiger partial charge in [-0.1, -0.05) is 23.7 Å². The lowest BCUT2D eigenvalue weighted by atomic mass is 9.97. The van der Waals surface area contributed by atoms with Gasteiger partial charge in [0.1, 0.15) is 11.6 Å². The highest BCUT2D eigenvalue weighted by molar-refractivity contribution is 6.30. The molecule has 0 aliphatic carbocycles. The molecule has 3 aromatic rings. The fourth-order valence-electron chi connectivity index (χ4n) is 2.63. The third-order valence-electron chi connectivity index (χ3n) is 4.01. The molecule has 3 rings (SSSR count). The van der Waals surface area contributed by atoms with Crippen LogP contribution in [0.5, 0.6) is 0 Å². The van der Waals surface area contributed by atoms with Crippen LogP contribution in [0.1, 0.15) is 28.4 Å². The summed E-state index contributed by atoms with van der Waals surface area (Å²) in [7, 11) is 0. The molecule has 5 heteroatoms. The van der Waals surface area contributed by atoms with Crippen molar-refractivity contribution in [2.24, 2.45) is 0 Å². The summed E-state index contributed by atoms with van der Waals surface area (Å²) in [6.45, 7) is 0. The number of hydrogen-bond acceptors (Lipinski definition) is 2. The molecule has 0 radical (unpaired) electrons. The zero-order valence-electron chi connectivity index (χ0n) is 13.8. The number of anilines is 1. The molecule has 132 valence electrons. The Kier molecular flexibility index (Phi) is 5.64. The van der Waals surface area contributed by atoms with Crippen LogP contribution in [0.4, 0.5) is 14.5 Å². The Morgan fingerprint density at radius 1 is 0.846 bits per heavy atom. The van der Waals surface area contributed by atoms with E-state index in [1.54, 1.807) is 24.3 Å². The predicted molar refractivity (Wildman–Crippen MR) is 99.6 cm³/mol. The summed E-state index contributed by atoms with van der Waals surface area (Å²) in [5.41, 5.74) is 2.00.